The molecule has 0 aliphatic heterocycles. The highest BCUT2D eigenvalue weighted by Gasteiger charge is 2.30. The number of hydrogen-bond acceptors (Lipinski definition) is 3. The fraction of sp³-hybridized carbons (Fsp3) is 0.154. The van der Waals surface area contributed by atoms with Gasteiger partial charge in [-0.2, -0.15) is 13.2 Å². The van der Waals surface area contributed by atoms with E-state index in [0.29, 0.717) is 5.56 Å². The van der Waals surface area contributed by atoms with Gasteiger partial charge in [0.1, 0.15) is 5.82 Å². The molecule has 1 aromatic heterocycles. The zero-order valence-electron chi connectivity index (χ0n) is 10.7. The summed E-state index contributed by atoms with van der Waals surface area (Å²) in [4.78, 5) is 3.92. The van der Waals surface area contributed by atoms with Crippen LogP contribution < -0.4 is 11.1 Å². The molecule has 3 nitrogen and oxygen atoms in total. The van der Waals surface area contributed by atoms with Gasteiger partial charge in [-0.3, -0.25) is 0 Å². The molecule has 8 heteroatoms. The molecule has 0 fully saturated rings. The molecule has 21 heavy (non-hydrogen) atoms. The Bertz CT molecular complexity index is 687. The summed E-state index contributed by atoms with van der Waals surface area (Å²) in [6, 6.07) is 4.72. The van der Waals surface area contributed by atoms with Crippen LogP contribution in [-0.2, 0) is 6.18 Å². The first-order valence-corrected chi connectivity index (χ1v) is 6.50. The third-order valence-electron chi connectivity index (χ3n) is 2.77. The molecule has 1 heterocycles. The molecule has 0 amide bonds. The number of hydrogen-bond donors (Lipinski definition) is 2. The van der Waals surface area contributed by atoms with E-state index < -0.39 is 11.7 Å². The van der Waals surface area contributed by atoms with Gasteiger partial charge < -0.3 is 11.1 Å². The lowest BCUT2D eigenvalue weighted by atomic mass is 10.1. The second kappa shape index (κ2) is 5.61. The summed E-state index contributed by atoms with van der Waals surface area (Å²) in [5.41, 5.74) is 5.63. The Morgan fingerprint density at radius 1 is 1.14 bits per heavy atom. The molecule has 0 saturated carbocycles. The Labute approximate surface area is 128 Å². The molecule has 0 spiro atoms. The van der Waals surface area contributed by atoms with Gasteiger partial charge in [0.25, 0.3) is 0 Å². The van der Waals surface area contributed by atoms with Crippen molar-refractivity contribution in [1.29, 1.82) is 0 Å². The molecule has 1 aromatic carbocycles. The number of aryl methyl sites for hydroxylation is 1. The molecule has 112 valence electrons. The zero-order valence-corrected chi connectivity index (χ0v) is 12.2. The maximum Gasteiger partial charge on any atom is 0.416 e. The van der Waals surface area contributed by atoms with Crippen LogP contribution in [0.4, 0.5) is 30.5 Å². The van der Waals surface area contributed by atoms with E-state index in [0.717, 1.165) is 12.1 Å². The minimum atomic E-state index is -4.43. The van der Waals surface area contributed by atoms with E-state index in [1.54, 1.807) is 6.92 Å². The molecule has 0 aliphatic rings. The Hall–Kier alpha value is -1.66. The van der Waals surface area contributed by atoms with Gasteiger partial charge in [0.05, 0.1) is 15.6 Å². The lowest BCUT2D eigenvalue weighted by molar-refractivity contribution is -0.137. The van der Waals surface area contributed by atoms with E-state index >= 15 is 0 Å². The SMILES string of the molecule is Cc1ccc(C(F)(F)F)cc1Nc1nc(N)c(Cl)cc1Cl. The van der Waals surface area contributed by atoms with Crippen molar-refractivity contribution >= 4 is 40.5 Å². The third kappa shape index (κ3) is 3.51. The van der Waals surface area contributed by atoms with E-state index in [9.17, 15) is 13.2 Å². The van der Waals surface area contributed by atoms with E-state index in [1.807, 2.05) is 0 Å². The summed E-state index contributed by atoms with van der Waals surface area (Å²) >= 11 is 11.7. The summed E-state index contributed by atoms with van der Waals surface area (Å²) < 4.78 is 38.2. The van der Waals surface area contributed by atoms with E-state index in [-0.39, 0.29) is 27.4 Å². The molecule has 3 N–H and O–H groups in total. The summed E-state index contributed by atoms with van der Waals surface area (Å²) in [5.74, 6) is 0.175. The van der Waals surface area contributed by atoms with Gasteiger partial charge in [-0.1, -0.05) is 29.3 Å². The molecule has 2 rings (SSSR count). The van der Waals surface area contributed by atoms with Crippen LogP contribution in [0.25, 0.3) is 0 Å². The van der Waals surface area contributed by atoms with Gasteiger partial charge in [0.15, 0.2) is 5.82 Å². The van der Waals surface area contributed by atoms with Crippen LogP contribution in [0.3, 0.4) is 0 Å². The van der Waals surface area contributed by atoms with Crippen LogP contribution in [-0.4, -0.2) is 4.98 Å². The minimum absolute atomic E-state index is 0.0354. The van der Waals surface area contributed by atoms with Gasteiger partial charge in [0.2, 0.25) is 0 Å². The van der Waals surface area contributed by atoms with Crippen LogP contribution in [0.1, 0.15) is 11.1 Å². The van der Waals surface area contributed by atoms with Gasteiger partial charge in [-0.05, 0) is 30.7 Å². The molecule has 0 atom stereocenters. The predicted octanol–water partition coefficient (Wildman–Crippen LogP) is 5.04. The van der Waals surface area contributed by atoms with Crippen molar-refractivity contribution in [1.82, 2.24) is 4.98 Å². The quantitative estimate of drug-likeness (QED) is 0.808. The highest BCUT2D eigenvalue weighted by atomic mass is 35.5. The van der Waals surface area contributed by atoms with Crippen LogP contribution in [0.5, 0.6) is 0 Å². The second-order valence-electron chi connectivity index (χ2n) is 4.34. The Balaban J connectivity index is 2.42. The number of rotatable bonds is 2. The van der Waals surface area contributed by atoms with E-state index in [2.05, 4.69) is 10.3 Å². The maximum absolute atomic E-state index is 12.7. The Morgan fingerprint density at radius 3 is 2.43 bits per heavy atom. The summed E-state index contributed by atoms with van der Waals surface area (Å²) in [7, 11) is 0. The number of benzene rings is 1. The molecule has 0 saturated heterocycles. The lowest BCUT2D eigenvalue weighted by Crippen LogP contribution is -2.07. The first kappa shape index (κ1) is 15.7. The van der Waals surface area contributed by atoms with Gasteiger partial charge in [-0.25, -0.2) is 4.98 Å². The summed E-state index contributed by atoms with van der Waals surface area (Å²) in [6.45, 7) is 1.66. The number of alkyl halides is 3. The fourth-order valence-corrected chi connectivity index (χ4v) is 2.03. The molecule has 0 unspecified atom stereocenters. The van der Waals surface area contributed by atoms with Crippen molar-refractivity contribution in [2.45, 2.75) is 13.1 Å². The van der Waals surface area contributed by atoms with E-state index in [4.69, 9.17) is 28.9 Å². The molecular formula is C13H10Cl2F3N3. The van der Waals surface area contributed by atoms with Gasteiger partial charge in [-0.15, -0.1) is 0 Å². The smallest absolute Gasteiger partial charge is 0.382 e. The van der Waals surface area contributed by atoms with Crippen molar-refractivity contribution in [3.05, 3.63) is 45.4 Å². The molecule has 0 aliphatic carbocycles. The number of nitrogen functional groups attached to an aromatic ring is 1. The molecule has 2 aromatic rings. The van der Waals surface area contributed by atoms with Crippen LogP contribution >= 0.6 is 23.2 Å². The normalized spacial score (nSPS) is 11.5. The number of halogens is 5. The highest BCUT2D eigenvalue weighted by molar-refractivity contribution is 6.37. The lowest BCUT2D eigenvalue weighted by Gasteiger charge is -2.14. The molecule has 0 bridgehead atoms. The Morgan fingerprint density at radius 2 is 1.81 bits per heavy atom. The zero-order chi connectivity index (χ0) is 15.8. The Kier molecular flexibility index (Phi) is 4.20. The van der Waals surface area contributed by atoms with Crippen LogP contribution in [0.15, 0.2) is 24.3 Å². The van der Waals surface area contributed by atoms with E-state index in [1.165, 1.54) is 12.1 Å². The summed E-state index contributed by atoms with van der Waals surface area (Å²) in [5, 5.41) is 3.07. The average molecular weight is 336 g/mol. The fourth-order valence-electron chi connectivity index (χ4n) is 1.63. The highest BCUT2D eigenvalue weighted by Crippen LogP contribution is 2.34. The van der Waals surface area contributed by atoms with Crippen molar-refractivity contribution in [2.75, 3.05) is 11.1 Å². The maximum atomic E-state index is 12.7. The van der Waals surface area contributed by atoms with Crippen molar-refractivity contribution in [3.63, 3.8) is 0 Å². The topological polar surface area (TPSA) is 50.9 Å². The largest absolute Gasteiger partial charge is 0.416 e. The van der Waals surface area contributed by atoms with Gasteiger partial charge in [0, 0.05) is 5.69 Å². The molecule has 0 radical (unpaired) electrons. The van der Waals surface area contributed by atoms with Crippen molar-refractivity contribution < 1.29 is 13.2 Å². The van der Waals surface area contributed by atoms with Crippen LogP contribution in [0.2, 0.25) is 10.0 Å². The van der Waals surface area contributed by atoms with Crippen molar-refractivity contribution in [3.8, 4) is 0 Å². The second-order valence-corrected chi connectivity index (χ2v) is 5.15. The summed E-state index contributed by atoms with van der Waals surface area (Å²) in [6.07, 6.45) is -4.43. The predicted molar refractivity (Wildman–Crippen MR) is 78.1 cm³/mol. The number of anilines is 3. The third-order valence-corrected chi connectivity index (χ3v) is 3.37. The van der Waals surface area contributed by atoms with Crippen LogP contribution in [0, 0.1) is 6.92 Å². The number of nitrogens with zero attached hydrogens (tertiary/aromatic N) is 1. The number of nitrogens with two attached hydrogens (primary N) is 1. The number of pyridine rings is 1. The van der Waals surface area contributed by atoms with Gasteiger partial charge >= 0.3 is 6.18 Å². The number of aromatic nitrogens is 1. The average Bonchev–Trinajstić information content (AvgIpc) is 2.37. The number of nitrogens with one attached hydrogen (secondary N) is 1. The minimum Gasteiger partial charge on any atom is -0.382 e. The van der Waals surface area contributed by atoms with Crippen molar-refractivity contribution in [2.24, 2.45) is 0 Å². The first-order valence-electron chi connectivity index (χ1n) is 5.75. The standard InChI is InChI=1S/C13H10Cl2F3N3/c1-6-2-3-7(13(16,17)18)4-10(6)20-12-9(15)5-8(14)11(19)21-12/h2-5H,1H3,(H3,19,20,21). The first-order chi connectivity index (χ1) is 9.68. The monoisotopic (exact) mass is 335 g/mol. The molecular weight excluding hydrogens is 326 g/mol.